The summed E-state index contributed by atoms with van der Waals surface area (Å²) in [5.74, 6) is 0.0411. The first-order valence-electron chi connectivity index (χ1n) is 9.17. The highest BCUT2D eigenvalue weighted by Gasteiger charge is 2.20. The van der Waals surface area contributed by atoms with Crippen LogP contribution < -0.4 is 10.9 Å². The van der Waals surface area contributed by atoms with Gasteiger partial charge in [-0.25, -0.2) is 0 Å². The molecule has 2 heterocycles. The molecule has 0 saturated carbocycles. The fourth-order valence-corrected chi connectivity index (χ4v) is 3.32. The number of aromatic amines is 1. The lowest BCUT2D eigenvalue weighted by molar-refractivity contribution is -0.119. The van der Waals surface area contributed by atoms with E-state index in [1.54, 1.807) is 12.1 Å². The number of carbonyl (C=O) groups excluding carboxylic acids is 1. The molecule has 0 unspecified atom stereocenters. The first-order chi connectivity index (χ1) is 13.1. The molecule has 1 saturated heterocycles. The van der Waals surface area contributed by atoms with E-state index in [-0.39, 0.29) is 29.1 Å². The Kier molecular flexibility index (Phi) is 6.48. The SMILES string of the molecule is O=C1CC[C@H](/C=C(\c2ccc(CCCCO)cc2)c2ccc(Cl)c(=O)[nH]2)N1. The highest BCUT2D eigenvalue weighted by Crippen LogP contribution is 2.25. The lowest BCUT2D eigenvalue weighted by atomic mass is 9.97. The van der Waals surface area contributed by atoms with E-state index in [0.29, 0.717) is 12.1 Å². The van der Waals surface area contributed by atoms with Crippen molar-refractivity contribution in [2.75, 3.05) is 6.61 Å². The van der Waals surface area contributed by atoms with E-state index < -0.39 is 0 Å². The summed E-state index contributed by atoms with van der Waals surface area (Å²) < 4.78 is 0. The summed E-state index contributed by atoms with van der Waals surface area (Å²) in [5, 5.41) is 12.0. The molecule has 1 fully saturated rings. The van der Waals surface area contributed by atoms with Crippen molar-refractivity contribution >= 4 is 23.1 Å². The van der Waals surface area contributed by atoms with Gasteiger partial charge in [-0.1, -0.05) is 41.9 Å². The van der Waals surface area contributed by atoms with Crippen molar-refractivity contribution in [3.05, 3.63) is 74.7 Å². The van der Waals surface area contributed by atoms with Crippen LogP contribution in [0.25, 0.3) is 5.57 Å². The first-order valence-corrected chi connectivity index (χ1v) is 9.55. The number of hydrogen-bond acceptors (Lipinski definition) is 3. The number of benzene rings is 1. The third-order valence-electron chi connectivity index (χ3n) is 4.69. The lowest BCUT2D eigenvalue weighted by Gasteiger charge is -2.13. The summed E-state index contributed by atoms with van der Waals surface area (Å²) in [6.45, 7) is 0.210. The van der Waals surface area contributed by atoms with Crippen LogP contribution in [0.3, 0.4) is 0 Å². The Balaban J connectivity index is 1.91. The zero-order valence-corrected chi connectivity index (χ0v) is 15.8. The number of carbonyl (C=O) groups is 1. The molecule has 0 bridgehead atoms. The zero-order valence-electron chi connectivity index (χ0n) is 15.0. The number of nitrogens with one attached hydrogen (secondary N) is 2. The molecule has 1 aliphatic rings. The zero-order chi connectivity index (χ0) is 19.2. The van der Waals surface area contributed by atoms with Crippen molar-refractivity contribution in [2.24, 2.45) is 0 Å². The minimum atomic E-state index is -0.337. The van der Waals surface area contributed by atoms with Gasteiger partial charge >= 0.3 is 0 Å². The standard InChI is InChI=1S/C21H23ClN2O3/c22-18-9-10-19(24-21(18)27)17(13-16-8-11-20(26)23-16)15-6-4-14(5-7-15)3-1-2-12-25/h4-7,9-10,13,16,25H,1-3,8,11-12H2,(H,23,26)(H,24,27)/b17-13+/t16-/m1/s1. The molecule has 3 rings (SSSR count). The fraction of sp³-hybridized carbons (Fsp3) is 0.333. The number of aryl methyl sites for hydroxylation is 1. The van der Waals surface area contributed by atoms with E-state index in [1.165, 1.54) is 5.56 Å². The van der Waals surface area contributed by atoms with Gasteiger partial charge in [-0.3, -0.25) is 9.59 Å². The van der Waals surface area contributed by atoms with Crippen LogP contribution >= 0.6 is 11.6 Å². The van der Waals surface area contributed by atoms with E-state index in [4.69, 9.17) is 16.7 Å². The third kappa shape index (κ3) is 5.08. The summed E-state index contributed by atoms with van der Waals surface area (Å²) in [7, 11) is 0. The van der Waals surface area contributed by atoms with Gasteiger partial charge in [-0.2, -0.15) is 0 Å². The third-order valence-corrected chi connectivity index (χ3v) is 4.98. The van der Waals surface area contributed by atoms with E-state index >= 15 is 0 Å². The number of amides is 1. The lowest BCUT2D eigenvalue weighted by Crippen LogP contribution is -2.23. The molecule has 0 radical (unpaired) electrons. The van der Waals surface area contributed by atoms with Gasteiger partial charge in [0.05, 0.1) is 0 Å². The molecule has 1 aromatic carbocycles. The van der Waals surface area contributed by atoms with Crippen LogP contribution in [0.1, 0.15) is 42.5 Å². The predicted molar refractivity (Wildman–Crippen MR) is 107 cm³/mol. The first kappa shape index (κ1) is 19.4. The van der Waals surface area contributed by atoms with Gasteiger partial charge in [0, 0.05) is 30.3 Å². The second-order valence-corrected chi connectivity index (χ2v) is 7.13. The van der Waals surface area contributed by atoms with Crippen molar-refractivity contribution in [2.45, 2.75) is 38.1 Å². The summed E-state index contributed by atoms with van der Waals surface area (Å²) in [6, 6.07) is 11.5. The van der Waals surface area contributed by atoms with Crippen molar-refractivity contribution in [1.29, 1.82) is 0 Å². The molecule has 0 spiro atoms. The molecule has 1 atom stereocenters. The molecule has 0 aliphatic carbocycles. The van der Waals surface area contributed by atoms with Crippen LogP contribution in [0.2, 0.25) is 5.02 Å². The monoisotopic (exact) mass is 386 g/mol. The predicted octanol–water partition coefficient (Wildman–Crippen LogP) is 3.05. The molecule has 142 valence electrons. The Morgan fingerprint density at radius 1 is 1.15 bits per heavy atom. The van der Waals surface area contributed by atoms with Crippen LogP contribution in [0, 0.1) is 0 Å². The molecular formula is C21H23ClN2O3. The average molecular weight is 387 g/mol. The van der Waals surface area contributed by atoms with Gasteiger partial charge in [-0.15, -0.1) is 0 Å². The van der Waals surface area contributed by atoms with E-state index in [9.17, 15) is 9.59 Å². The molecule has 1 aliphatic heterocycles. The number of aliphatic hydroxyl groups excluding tert-OH is 1. The highest BCUT2D eigenvalue weighted by atomic mass is 35.5. The number of hydrogen-bond donors (Lipinski definition) is 3. The number of halogens is 1. The normalized spacial score (nSPS) is 17.2. The van der Waals surface area contributed by atoms with Crippen molar-refractivity contribution in [3.63, 3.8) is 0 Å². The largest absolute Gasteiger partial charge is 0.396 e. The average Bonchev–Trinajstić information content (AvgIpc) is 3.08. The van der Waals surface area contributed by atoms with Gasteiger partial charge < -0.3 is 15.4 Å². The maximum atomic E-state index is 12.0. The molecule has 1 aromatic heterocycles. The van der Waals surface area contributed by atoms with E-state index in [2.05, 4.69) is 22.4 Å². The summed E-state index contributed by atoms with van der Waals surface area (Å²) in [6.07, 6.45) is 5.88. The molecule has 2 aromatic rings. The maximum absolute atomic E-state index is 12.0. The number of aromatic nitrogens is 1. The molecule has 5 nitrogen and oxygen atoms in total. The molecule has 6 heteroatoms. The second kappa shape index (κ2) is 9.02. The Morgan fingerprint density at radius 3 is 2.56 bits per heavy atom. The maximum Gasteiger partial charge on any atom is 0.267 e. The van der Waals surface area contributed by atoms with Crippen LogP contribution in [-0.2, 0) is 11.2 Å². The van der Waals surface area contributed by atoms with Crippen LogP contribution in [-0.4, -0.2) is 28.6 Å². The van der Waals surface area contributed by atoms with Gasteiger partial charge in [0.1, 0.15) is 5.02 Å². The molecule has 3 N–H and O–H groups in total. The van der Waals surface area contributed by atoms with E-state index in [0.717, 1.165) is 36.8 Å². The fourth-order valence-electron chi connectivity index (χ4n) is 3.21. The van der Waals surface area contributed by atoms with Crippen molar-refractivity contribution in [1.82, 2.24) is 10.3 Å². The Morgan fingerprint density at radius 2 is 1.93 bits per heavy atom. The second-order valence-electron chi connectivity index (χ2n) is 6.72. The van der Waals surface area contributed by atoms with Gasteiger partial charge in [0.25, 0.3) is 5.56 Å². The van der Waals surface area contributed by atoms with Crippen molar-refractivity contribution in [3.8, 4) is 0 Å². The smallest absolute Gasteiger partial charge is 0.267 e. The number of H-pyrrole nitrogens is 1. The quantitative estimate of drug-likeness (QED) is 0.639. The molecule has 27 heavy (non-hydrogen) atoms. The Bertz CT molecular complexity index is 887. The summed E-state index contributed by atoms with van der Waals surface area (Å²) in [4.78, 5) is 26.3. The van der Waals surface area contributed by atoms with Crippen LogP contribution in [0.4, 0.5) is 0 Å². The van der Waals surface area contributed by atoms with Gasteiger partial charge in [-0.05, 0) is 48.9 Å². The van der Waals surface area contributed by atoms with Crippen LogP contribution in [0.15, 0.2) is 47.3 Å². The minimum absolute atomic E-state index is 0.0411. The highest BCUT2D eigenvalue weighted by molar-refractivity contribution is 6.30. The minimum Gasteiger partial charge on any atom is -0.396 e. The van der Waals surface area contributed by atoms with E-state index in [1.807, 2.05) is 18.2 Å². The van der Waals surface area contributed by atoms with Gasteiger partial charge in [0.2, 0.25) is 5.91 Å². The Labute approximate surface area is 163 Å². The summed E-state index contributed by atoms with van der Waals surface area (Å²) in [5.41, 5.74) is 3.35. The van der Waals surface area contributed by atoms with Crippen molar-refractivity contribution < 1.29 is 9.90 Å². The number of unbranched alkanes of at least 4 members (excludes halogenated alkanes) is 1. The number of pyridine rings is 1. The number of rotatable bonds is 7. The number of aliphatic hydroxyl groups is 1. The van der Waals surface area contributed by atoms with Crippen LogP contribution in [0.5, 0.6) is 0 Å². The summed E-state index contributed by atoms with van der Waals surface area (Å²) >= 11 is 5.86. The molecule has 1 amide bonds. The van der Waals surface area contributed by atoms with Gasteiger partial charge in [0.15, 0.2) is 0 Å². The topological polar surface area (TPSA) is 82.2 Å². The molecular weight excluding hydrogens is 364 g/mol. The Hall–Kier alpha value is -2.37.